The molecule has 1 aromatic heterocycles. The molecule has 3 rings (SSSR count). The third-order valence-corrected chi connectivity index (χ3v) is 4.35. The molecule has 0 radical (unpaired) electrons. The molecule has 0 amide bonds. The number of furan rings is 1. The maximum Gasteiger partial charge on any atom is 0.185 e. The molecule has 3 nitrogen and oxygen atoms in total. The summed E-state index contributed by atoms with van der Waals surface area (Å²) in [5, 5.41) is 0. The van der Waals surface area contributed by atoms with Gasteiger partial charge in [-0.05, 0) is 54.8 Å². The molecule has 0 aliphatic rings. The number of hydrogen-bond acceptors (Lipinski definition) is 3. The summed E-state index contributed by atoms with van der Waals surface area (Å²) in [6.07, 6.45) is 3.21. The number of ketones is 1. The largest absolute Gasteiger partial charge is 0.486 e. The van der Waals surface area contributed by atoms with Gasteiger partial charge in [0.25, 0.3) is 0 Å². The van der Waals surface area contributed by atoms with Crippen molar-refractivity contribution in [1.82, 2.24) is 0 Å². The Kier molecular flexibility index (Phi) is 5.92. The van der Waals surface area contributed by atoms with Gasteiger partial charge in [-0.25, -0.2) is 0 Å². The van der Waals surface area contributed by atoms with Crippen LogP contribution in [0.1, 0.15) is 52.8 Å². The molecule has 0 aliphatic carbocycles. The molecule has 27 heavy (non-hydrogen) atoms. The molecule has 0 atom stereocenters. The van der Waals surface area contributed by atoms with Gasteiger partial charge >= 0.3 is 0 Å². The van der Waals surface area contributed by atoms with Crippen molar-refractivity contribution in [1.29, 1.82) is 0 Å². The zero-order chi connectivity index (χ0) is 19.2. The molecule has 2 aromatic carbocycles. The Morgan fingerprint density at radius 1 is 1.00 bits per heavy atom. The van der Waals surface area contributed by atoms with Gasteiger partial charge in [0.1, 0.15) is 23.9 Å². The quantitative estimate of drug-likeness (QED) is 0.373. The molecule has 0 bridgehead atoms. The van der Waals surface area contributed by atoms with Crippen molar-refractivity contribution in [2.45, 2.75) is 33.3 Å². The number of benzene rings is 2. The van der Waals surface area contributed by atoms with E-state index in [9.17, 15) is 4.79 Å². The van der Waals surface area contributed by atoms with Crippen LogP contribution in [0, 0.1) is 6.92 Å². The van der Waals surface area contributed by atoms with E-state index in [1.165, 1.54) is 11.6 Å². The van der Waals surface area contributed by atoms with E-state index in [0.29, 0.717) is 29.6 Å². The highest BCUT2D eigenvalue weighted by Gasteiger charge is 2.05. The average molecular weight is 360 g/mol. The molecule has 1 heterocycles. The fraction of sp³-hybridized carbons (Fsp3) is 0.208. The molecule has 3 aromatic rings. The highest BCUT2D eigenvalue weighted by atomic mass is 16.5. The van der Waals surface area contributed by atoms with Crippen LogP contribution >= 0.6 is 0 Å². The van der Waals surface area contributed by atoms with Gasteiger partial charge < -0.3 is 9.15 Å². The Labute approximate surface area is 160 Å². The van der Waals surface area contributed by atoms with Crippen LogP contribution in [-0.4, -0.2) is 5.78 Å². The normalized spacial score (nSPS) is 11.3. The number of carbonyl (C=O) groups excluding carboxylic acids is 1. The molecule has 0 fully saturated rings. The number of rotatable bonds is 7. The minimum Gasteiger partial charge on any atom is -0.486 e. The van der Waals surface area contributed by atoms with Crippen LogP contribution in [0.4, 0.5) is 0 Å². The van der Waals surface area contributed by atoms with E-state index in [4.69, 9.17) is 9.15 Å². The number of carbonyl (C=O) groups is 1. The molecular formula is C24H24O3. The lowest BCUT2D eigenvalue weighted by Crippen LogP contribution is -1.94. The standard InChI is InChI=1S/C24H24O3/c1-17(2)19-8-10-21(11-9-19)26-16-23-13-12-22(27-23)14-15-24(25)20-6-4-18(3)5-7-20/h4-15,17H,16H2,1-3H3/b15-14+. The first-order valence-electron chi connectivity index (χ1n) is 9.12. The highest BCUT2D eigenvalue weighted by Crippen LogP contribution is 2.20. The minimum absolute atomic E-state index is 0.0468. The first-order valence-corrected chi connectivity index (χ1v) is 9.12. The maximum absolute atomic E-state index is 12.2. The Balaban J connectivity index is 1.56. The number of aryl methyl sites for hydroxylation is 1. The van der Waals surface area contributed by atoms with E-state index in [-0.39, 0.29) is 5.78 Å². The lowest BCUT2D eigenvalue weighted by molar-refractivity contribution is 0.104. The topological polar surface area (TPSA) is 39.4 Å². The average Bonchev–Trinajstić information content (AvgIpc) is 3.13. The lowest BCUT2D eigenvalue weighted by Gasteiger charge is -2.07. The maximum atomic E-state index is 12.2. The van der Waals surface area contributed by atoms with Gasteiger partial charge in [0, 0.05) is 5.56 Å². The van der Waals surface area contributed by atoms with E-state index in [1.54, 1.807) is 6.08 Å². The van der Waals surface area contributed by atoms with Gasteiger partial charge in [0.05, 0.1) is 0 Å². The van der Waals surface area contributed by atoms with E-state index in [0.717, 1.165) is 11.3 Å². The molecule has 0 saturated carbocycles. The van der Waals surface area contributed by atoms with E-state index in [1.807, 2.05) is 55.5 Å². The summed E-state index contributed by atoms with van der Waals surface area (Å²) in [6, 6.07) is 19.3. The van der Waals surface area contributed by atoms with Gasteiger partial charge in [-0.1, -0.05) is 55.8 Å². The second-order valence-corrected chi connectivity index (χ2v) is 6.88. The van der Waals surface area contributed by atoms with Crippen molar-refractivity contribution in [3.8, 4) is 5.75 Å². The van der Waals surface area contributed by atoms with Crippen LogP contribution in [0.2, 0.25) is 0 Å². The fourth-order valence-corrected chi connectivity index (χ4v) is 2.64. The zero-order valence-electron chi connectivity index (χ0n) is 15.9. The van der Waals surface area contributed by atoms with Crippen LogP contribution in [-0.2, 0) is 6.61 Å². The Hall–Kier alpha value is -3.07. The smallest absolute Gasteiger partial charge is 0.185 e. The summed E-state index contributed by atoms with van der Waals surface area (Å²) in [7, 11) is 0. The van der Waals surface area contributed by atoms with Crippen molar-refractivity contribution in [3.63, 3.8) is 0 Å². The molecule has 0 N–H and O–H groups in total. The molecule has 0 saturated heterocycles. The molecular weight excluding hydrogens is 336 g/mol. The predicted octanol–water partition coefficient (Wildman–Crippen LogP) is 6.19. The van der Waals surface area contributed by atoms with Crippen LogP contribution in [0.15, 0.2) is 71.2 Å². The predicted molar refractivity (Wildman–Crippen MR) is 108 cm³/mol. The summed E-state index contributed by atoms with van der Waals surface area (Å²) < 4.78 is 11.5. The Morgan fingerprint density at radius 3 is 2.37 bits per heavy atom. The summed E-state index contributed by atoms with van der Waals surface area (Å²) in [5.41, 5.74) is 3.08. The second kappa shape index (κ2) is 8.54. The van der Waals surface area contributed by atoms with Crippen molar-refractivity contribution < 1.29 is 13.9 Å². The van der Waals surface area contributed by atoms with E-state index >= 15 is 0 Å². The molecule has 0 unspecified atom stereocenters. The second-order valence-electron chi connectivity index (χ2n) is 6.88. The fourth-order valence-electron chi connectivity index (χ4n) is 2.64. The highest BCUT2D eigenvalue weighted by molar-refractivity contribution is 6.06. The first-order chi connectivity index (χ1) is 13.0. The summed E-state index contributed by atoms with van der Waals surface area (Å²) in [6.45, 7) is 6.67. The van der Waals surface area contributed by atoms with Gasteiger partial charge in [-0.3, -0.25) is 4.79 Å². The van der Waals surface area contributed by atoms with Crippen molar-refractivity contribution in [3.05, 3.63) is 95.0 Å². The zero-order valence-corrected chi connectivity index (χ0v) is 15.9. The van der Waals surface area contributed by atoms with Crippen LogP contribution in [0.3, 0.4) is 0 Å². The molecule has 138 valence electrons. The van der Waals surface area contributed by atoms with Crippen molar-refractivity contribution >= 4 is 11.9 Å². The monoisotopic (exact) mass is 360 g/mol. The van der Waals surface area contributed by atoms with Crippen LogP contribution < -0.4 is 4.74 Å². The SMILES string of the molecule is Cc1ccc(C(=O)/C=C/c2ccc(COc3ccc(C(C)C)cc3)o2)cc1. The summed E-state index contributed by atoms with van der Waals surface area (Å²) >= 11 is 0. The third-order valence-electron chi connectivity index (χ3n) is 4.35. The third kappa shape index (κ3) is 5.20. The van der Waals surface area contributed by atoms with E-state index < -0.39 is 0 Å². The van der Waals surface area contributed by atoms with Crippen molar-refractivity contribution in [2.75, 3.05) is 0 Å². The van der Waals surface area contributed by atoms with Crippen LogP contribution in [0.5, 0.6) is 5.75 Å². The lowest BCUT2D eigenvalue weighted by atomic mass is 10.0. The van der Waals surface area contributed by atoms with Gasteiger partial charge in [0.2, 0.25) is 0 Å². The Bertz CT molecular complexity index is 913. The van der Waals surface area contributed by atoms with Crippen molar-refractivity contribution in [2.24, 2.45) is 0 Å². The summed E-state index contributed by atoms with van der Waals surface area (Å²) in [4.78, 5) is 12.2. The van der Waals surface area contributed by atoms with Crippen LogP contribution in [0.25, 0.3) is 6.08 Å². The molecule has 3 heteroatoms. The van der Waals surface area contributed by atoms with Gasteiger partial charge in [-0.2, -0.15) is 0 Å². The first kappa shape index (κ1) is 18.7. The molecule has 0 aliphatic heterocycles. The number of hydrogen-bond donors (Lipinski definition) is 0. The number of ether oxygens (including phenoxy) is 1. The Morgan fingerprint density at radius 2 is 1.70 bits per heavy atom. The van der Waals surface area contributed by atoms with Gasteiger partial charge in [0.15, 0.2) is 5.78 Å². The van der Waals surface area contributed by atoms with Gasteiger partial charge in [-0.15, -0.1) is 0 Å². The van der Waals surface area contributed by atoms with E-state index in [2.05, 4.69) is 26.0 Å². The molecule has 0 spiro atoms. The minimum atomic E-state index is -0.0468. The summed E-state index contributed by atoms with van der Waals surface area (Å²) in [5.74, 6) is 2.60. The number of allylic oxidation sites excluding steroid dienone is 1.